The van der Waals surface area contributed by atoms with Crippen LogP contribution >= 0.6 is 0 Å². The Labute approximate surface area is 136 Å². The minimum Gasteiger partial charge on any atom is -0.379 e. The topological polar surface area (TPSA) is 49.9 Å². The van der Waals surface area contributed by atoms with Crippen LogP contribution in [-0.4, -0.2) is 54.6 Å². The van der Waals surface area contributed by atoms with Crippen molar-refractivity contribution in [1.29, 1.82) is 0 Å². The second-order valence-electron chi connectivity index (χ2n) is 6.77. The molecule has 0 N–H and O–H groups in total. The summed E-state index contributed by atoms with van der Waals surface area (Å²) in [6, 6.07) is 8.13. The van der Waals surface area contributed by atoms with E-state index in [0.717, 1.165) is 37.9 Å². The Kier molecular flexibility index (Phi) is 3.70. The summed E-state index contributed by atoms with van der Waals surface area (Å²) >= 11 is 0. The minimum atomic E-state index is -0.613. The monoisotopic (exact) mass is 314 g/mol. The smallest absolute Gasteiger partial charge is 0.241 e. The zero-order valence-electron chi connectivity index (χ0n) is 13.3. The summed E-state index contributed by atoms with van der Waals surface area (Å²) in [5, 5.41) is 0. The van der Waals surface area contributed by atoms with Gasteiger partial charge in [-0.25, -0.2) is 0 Å². The first-order chi connectivity index (χ1) is 11.2. The molecule has 0 radical (unpaired) electrons. The van der Waals surface area contributed by atoms with Crippen LogP contribution in [0.2, 0.25) is 0 Å². The van der Waals surface area contributed by atoms with Gasteiger partial charge >= 0.3 is 0 Å². The molecular formula is C18H22N2O3. The average molecular weight is 314 g/mol. The van der Waals surface area contributed by atoms with Crippen molar-refractivity contribution < 1.29 is 14.3 Å². The van der Waals surface area contributed by atoms with E-state index < -0.39 is 5.41 Å². The number of hydrogen-bond donors (Lipinski definition) is 0. The highest BCUT2D eigenvalue weighted by atomic mass is 16.5. The Morgan fingerprint density at radius 2 is 1.91 bits per heavy atom. The molecule has 0 bridgehead atoms. The van der Waals surface area contributed by atoms with Crippen LogP contribution in [0.25, 0.3) is 0 Å². The van der Waals surface area contributed by atoms with Crippen molar-refractivity contribution in [2.75, 3.05) is 33.0 Å². The summed E-state index contributed by atoms with van der Waals surface area (Å²) < 4.78 is 5.34. The highest BCUT2D eigenvalue weighted by molar-refractivity contribution is 6.09. The lowest BCUT2D eigenvalue weighted by Gasteiger charge is -2.34. The van der Waals surface area contributed by atoms with E-state index in [1.807, 2.05) is 18.2 Å². The van der Waals surface area contributed by atoms with Crippen molar-refractivity contribution in [2.45, 2.75) is 31.1 Å². The van der Waals surface area contributed by atoms with Gasteiger partial charge in [-0.15, -0.1) is 0 Å². The first kappa shape index (κ1) is 14.8. The average Bonchev–Trinajstić information content (AvgIpc) is 2.81. The standard InChI is InChI=1S/C18H22N2O3/c21-16-12-18(7-3-5-14-4-1-2-6-15(14)18)17(22)20(16)13-19-8-10-23-11-9-19/h1-2,4,6H,3,5,7-13H2/t18-/m1/s1. The predicted molar refractivity (Wildman–Crippen MR) is 84.8 cm³/mol. The number of aryl methyl sites for hydroxylation is 1. The maximum atomic E-state index is 13.2. The SMILES string of the molecule is O=C1C[C@@]2(CCCc3ccccc32)C(=O)N1CN1CCOCC1. The molecule has 5 heteroatoms. The Morgan fingerprint density at radius 1 is 1.13 bits per heavy atom. The van der Waals surface area contributed by atoms with Gasteiger partial charge in [-0.1, -0.05) is 24.3 Å². The third-order valence-electron chi connectivity index (χ3n) is 5.44. The number of carbonyl (C=O) groups is 2. The van der Waals surface area contributed by atoms with Crippen LogP contribution in [-0.2, 0) is 26.2 Å². The number of nitrogens with zero attached hydrogens (tertiary/aromatic N) is 2. The number of imide groups is 1. The summed E-state index contributed by atoms with van der Waals surface area (Å²) in [4.78, 5) is 29.4. The fourth-order valence-electron chi connectivity index (χ4n) is 4.21. The van der Waals surface area contributed by atoms with Crippen LogP contribution in [0.3, 0.4) is 0 Å². The zero-order valence-corrected chi connectivity index (χ0v) is 13.3. The van der Waals surface area contributed by atoms with Crippen LogP contribution in [0.5, 0.6) is 0 Å². The van der Waals surface area contributed by atoms with E-state index in [-0.39, 0.29) is 11.8 Å². The number of fused-ring (bicyclic) bond motifs is 2. The molecule has 2 heterocycles. The Bertz CT molecular complexity index is 639. The number of carbonyl (C=O) groups excluding carboxylic acids is 2. The fraction of sp³-hybridized carbons (Fsp3) is 0.556. The highest BCUT2D eigenvalue weighted by Gasteiger charge is 2.54. The van der Waals surface area contributed by atoms with Crippen LogP contribution in [0.15, 0.2) is 24.3 Å². The number of likely N-dealkylation sites (tertiary alicyclic amines) is 1. The molecule has 2 fully saturated rings. The molecule has 1 aromatic rings. The molecule has 0 unspecified atom stereocenters. The summed E-state index contributed by atoms with van der Waals surface area (Å²) in [7, 11) is 0. The molecule has 2 amide bonds. The largest absolute Gasteiger partial charge is 0.379 e. The van der Waals surface area contributed by atoms with Gasteiger partial charge in [0, 0.05) is 19.5 Å². The predicted octanol–water partition coefficient (Wildman–Crippen LogP) is 1.31. The van der Waals surface area contributed by atoms with Gasteiger partial charge in [0.25, 0.3) is 0 Å². The van der Waals surface area contributed by atoms with Gasteiger partial charge in [0.15, 0.2) is 0 Å². The lowest BCUT2D eigenvalue weighted by molar-refractivity contribution is -0.143. The number of benzene rings is 1. The molecule has 2 aliphatic heterocycles. The second-order valence-corrected chi connectivity index (χ2v) is 6.77. The molecule has 1 aromatic carbocycles. The third-order valence-corrected chi connectivity index (χ3v) is 5.44. The molecule has 2 saturated heterocycles. The lowest BCUT2D eigenvalue weighted by Crippen LogP contribution is -2.48. The van der Waals surface area contributed by atoms with Crippen LogP contribution in [0, 0.1) is 0 Å². The molecule has 1 spiro atoms. The van der Waals surface area contributed by atoms with Crippen LogP contribution in [0.1, 0.15) is 30.4 Å². The van der Waals surface area contributed by atoms with Crippen molar-refractivity contribution in [2.24, 2.45) is 0 Å². The van der Waals surface area contributed by atoms with Crippen molar-refractivity contribution in [3.63, 3.8) is 0 Å². The summed E-state index contributed by atoms with van der Waals surface area (Å²) in [6.07, 6.45) is 3.09. The Balaban J connectivity index is 1.62. The number of rotatable bonds is 2. The van der Waals surface area contributed by atoms with E-state index >= 15 is 0 Å². The van der Waals surface area contributed by atoms with Crippen molar-refractivity contribution >= 4 is 11.8 Å². The van der Waals surface area contributed by atoms with Crippen molar-refractivity contribution in [3.05, 3.63) is 35.4 Å². The molecule has 0 aromatic heterocycles. The van der Waals surface area contributed by atoms with Gasteiger partial charge in [-0.3, -0.25) is 19.4 Å². The fourth-order valence-corrected chi connectivity index (χ4v) is 4.21. The molecule has 122 valence electrons. The second kappa shape index (κ2) is 5.73. The number of morpholine rings is 1. The van der Waals surface area contributed by atoms with Crippen LogP contribution < -0.4 is 0 Å². The van der Waals surface area contributed by atoms with Crippen molar-refractivity contribution in [1.82, 2.24) is 9.80 Å². The zero-order chi connectivity index (χ0) is 15.9. The molecule has 1 aliphatic carbocycles. The maximum Gasteiger partial charge on any atom is 0.241 e. The van der Waals surface area contributed by atoms with Gasteiger partial charge in [0.1, 0.15) is 0 Å². The quantitative estimate of drug-likeness (QED) is 0.772. The van der Waals surface area contributed by atoms with Gasteiger partial charge in [0.05, 0.1) is 25.3 Å². The van der Waals surface area contributed by atoms with Crippen molar-refractivity contribution in [3.8, 4) is 0 Å². The summed E-state index contributed by atoms with van der Waals surface area (Å²) in [6.45, 7) is 3.31. The summed E-state index contributed by atoms with van der Waals surface area (Å²) in [5.74, 6) is -0.0284. The summed E-state index contributed by atoms with van der Waals surface area (Å²) in [5.41, 5.74) is 1.69. The molecular weight excluding hydrogens is 292 g/mol. The number of ether oxygens (including phenoxy) is 1. The lowest BCUT2D eigenvalue weighted by atomic mass is 9.69. The number of amides is 2. The van der Waals surface area contributed by atoms with E-state index in [0.29, 0.717) is 26.3 Å². The van der Waals surface area contributed by atoms with Gasteiger partial charge in [-0.05, 0) is 30.4 Å². The normalized spacial score (nSPS) is 28.4. The molecule has 4 rings (SSSR count). The molecule has 1 atom stereocenters. The Morgan fingerprint density at radius 3 is 2.74 bits per heavy atom. The van der Waals surface area contributed by atoms with Gasteiger partial charge in [0.2, 0.25) is 11.8 Å². The van der Waals surface area contributed by atoms with Gasteiger partial charge < -0.3 is 4.74 Å². The number of hydrogen-bond acceptors (Lipinski definition) is 4. The van der Waals surface area contributed by atoms with Crippen LogP contribution in [0.4, 0.5) is 0 Å². The minimum absolute atomic E-state index is 0.00106. The maximum absolute atomic E-state index is 13.2. The third kappa shape index (κ3) is 2.39. The molecule has 3 aliphatic rings. The van der Waals surface area contributed by atoms with E-state index in [1.54, 1.807) is 0 Å². The molecule has 0 saturated carbocycles. The highest BCUT2D eigenvalue weighted by Crippen LogP contribution is 2.45. The Hall–Kier alpha value is -1.72. The van der Waals surface area contributed by atoms with E-state index in [1.165, 1.54) is 10.5 Å². The first-order valence-electron chi connectivity index (χ1n) is 8.44. The molecule has 23 heavy (non-hydrogen) atoms. The first-order valence-corrected chi connectivity index (χ1v) is 8.44. The van der Waals surface area contributed by atoms with Gasteiger partial charge in [-0.2, -0.15) is 0 Å². The van der Waals surface area contributed by atoms with E-state index in [9.17, 15) is 9.59 Å². The van der Waals surface area contributed by atoms with E-state index in [4.69, 9.17) is 4.74 Å². The van der Waals surface area contributed by atoms with E-state index in [2.05, 4.69) is 11.0 Å². The molecule has 5 nitrogen and oxygen atoms in total.